The summed E-state index contributed by atoms with van der Waals surface area (Å²) < 4.78 is 0. The van der Waals surface area contributed by atoms with Crippen LogP contribution in [0.25, 0.3) is 11.1 Å². The first-order valence-electron chi connectivity index (χ1n) is 9.56. The maximum Gasteiger partial charge on any atom is 0.146 e. The third-order valence-corrected chi connectivity index (χ3v) is 5.68. The van der Waals surface area contributed by atoms with E-state index in [4.69, 9.17) is 6.42 Å². The van der Waals surface area contributed by atoms with Crippen LogP contribution in [0.2, 0.25) is 0 Å². The van der Waals surface area contributed by atoms with Gasteiger partial charge in [0.1, 0.15) is 5.54 Å². The number of terminal acetylenes is 1. The van der Waals surface area contributed by atoms with E-state index in [1.165, 1.54) is 0 Å². The summed E-state index contributed by atoms with van der Waals surface area (Å²) in [5.41, 5.74) is 5.05. The van der Waals surface area contributed by atoms with Crippen LogP contribution in [0.5, 0.6) is 0 Å². The van der Waals surface area contributed by atoms with Gasteiger partial charge in [-0.05, 0) is 40.5 Å². The molecule has 0 spiro atoms. The Hall–Kier alpha value is -3.80. The Labute approximate surface area is 170 Å². The number of nitrogens with zero attached hydrogens (tertiary/aromatic N) is 1. The van der Waals surface area contributed by atoms with E-state index in [9.17, 15) is 5.21 Å². The highest BCUT2D eigenvalue weighted by atomic mass is 16.5. The number of hydroxylamine groups is 1. The molecule has 1 heterocycles. The van der Waals surface area contributed by atoms with Crippen LogP contribution < -0.4 is 5.06 Å². The van der Waals surface area contributed by atoms with Gasteiger partial charge in [-0.1, -0.05) is 96.1 Å². The molecule has 1 aliphatic heterocycles. The van der Waals surface area contributed by atoms with Gasteiger partial charge in [-0.15, -0.1) is 6.42 Å². The van der Waals surface area contributed by atoms with Crippen LogP contribution in [-0.2, 0) is 10.7 Å². The Morgan fingerprint density at radius 2 is 1.28 bits per heavy atom. The molecule has 4 aromatic carbocycles. The van der Waals surface area contributed by atoms with E-state index < -0.39 is 5.54 Å². The molecule has 137 valence electrons. The summed E-state index contributed by atoms with van der Waals surface area (Å²) in [6.07, 6.45) is 5.74. The molecule has 29 heavy (non-hydrogen) atoms. The van der Waals surface area contributed by atoms with Gasteiger partial charge in [0.15, 0.2) is 0 Å². The Morgan fingerprint density at radius 3 is 1.90 bits per heavy atom. The van der Waals surface area contributed by atoms with E-state index in [0.29, 0.717) is 5.69 Å². The number of hydrogen-bond donors (Lipinski definition) is 0. The predicted octanol–water partition coefficient (Wildman–Crippen LogP) is 5.79. The zero-order valence-corrected chi connectivity index (χ0v) is 15.7. The summed E-state index contributed by atoms with van der Waals surface area (Å²) in [4.78, 5) is 0. The summed E-state index contributed by atoms with van der Waals surface area (Å²) in [5.74, 6) is 2.74. The van der Waals surface area contributed by atoms with Crippen molar-refractivity contribution in [1.82, 2.24) is 0 Å². The first-order valence-corrected chi connectivity index (χ1v) is 9.56. The second-order valence-electron chi connectivity index (χ2n) is 7.16. The first kappa shape index (κ1) is 17.3. The lowest BCUT2D eigenvalue weighted by atomic mass is 9.71. The molecule has 5 rings (SSSR count). The molecule has 2 nitrogen and oxygen atoms in total. The topological polar surface area (TPSA) is 23.1 Å². The minimum absolute atomic E-state index is 0.654. The Morgan fingerprint density at radius 1 is 0.690 bits per heavy atom. The lowest BCUT2D eigenvalue weighted by Crippen LogP contribution is -2.48. The van der Waals surface area contributed by atoms with Crippen LogP contribution in [0.3, 0.4) is 0 Å². The van der Waals surface area contributed by atoms with Crippen molar-refractivity contribution in [3.63, 3.8) is 0 Å². The number of benzene rings is 4. The quantitative estimate of drug-likeness (QED) is 0.408. The van der Waals surface area contributed by atoms with Crippen molar-refractivity contribution in [2.45, 2.75) is 5.54 Å². The van der Waals surface area contributed by atoms with E-state index in [2.05, 4.69) is 5.92 Å². The van der Waals surface area contributed by atoms with Crippen molar-refractivity contribution < 1.29 is 5.21 Å². The molecule has 0 saturated carbocycles. The van der Waals surface area contributed by atoms with Gasteiger partial charge in [0.05, 0.1) is 5.69 Å². The van der Waals surface area contributed by atoms with Gasteiger partial charge in [-0.2, -0.15) is 0 Å². The second-order valence-corrected chi connectivity index (χ2v) is 7.16. The summed E-state index contributed by atoms with van der Waals surface area (Å²) in [6, 6.07) is 33.6. The highest BCUT2D eigenvalue weighted by Gasteiger charge is 2.48. The minimum atomic E-state index is -1.03. The molecule has 0 bridgehead atoms. The zero-order valence-electron chi connectivity index (χ0n) is 15.7. The molecule has 4 aromatic rings. The van der Waals surface area contributed by atoms with E-state index in [1.807, 2.05) is 103 Å². The average molecular weight is 372 g/mol. The van der Waals surface area contributed by atoms with Gasteiger partial charge >= 0.3 is 0 Å². The van der Waals surface area contributed by atoms with Gasteiger partial charge in [0.25, 0.3) is 0 Å². The van der Waals surface area contributed by atoms with Crippen LogP contribution >= 0.6 is 0 Å². The highest BCUT2D eigenvalue weighted by molar-refractivity contribution is 5.88. The van der Waals surface area contributed by atoms with E-state index in [1.54, 1.807) is 0 Å². The van der Waals surface area contributed by atoms with Crippen LogP contribution in [0.4, 0.5) is 5.69 Å². The minimum Gasteiger partial charge on any atom is -0.200 e. The highest BCUT2D eigenvalue weighted by Crippen LogP contribution is 2.53. The number of hydrogen-bond acceptors (Lipinski definition) is 1. The summed E-state index contributed by atoms with van der Waals surface area (Å²) >= 11 is 0. The SMILES string of the molecule is C#Cc1ccc2c(c1)C(c1ccccc1)(c1ccccc1)N([O])c1ccccc1-2. The molecular weight excluding hydrogens is 354 g/mol. The smallest absolute Gasteiger partial charge is 0.146 e. The average Bonchev–Trinajstić information content (AvgIpc) is 2.80. The summed E-state index contributed by atoms with van der Waals surface area (Å²) in [7, 11) is 0. The fourth-order valence-corrected chi connectivity index (χ4v) is 4.41. The van der Waals surface area contributed by atoms with Crippen LogP contribution in [0.15, 0.2) is 103 Å². The molecule has 0 fully saturated rings. The fourth-order valence-electron chi connectivity index (χ4n) is 4.41. The second kappa shape index (κ2) is 6.67. The van der Waals surface area contributed by atoms with Gasteiger partial charge in [-0.3, -0.25) is 0 Å². The Bertz CT molecular complexity index is 1180. The largest absolute Gasteiger partial charge is 0.200 e. The first-order chi connectivity index (χ1) is 14.3. The summed E-state index contributed by atoms with van der Waals surface area (Å²) in [5, 5.41) is 15.3. The molecule has 1 aliphatic rings. The van der Waals surface area contributed by atoms with Gasteiger partial charge in [0, 0.05) is 11.1 Å². The zero-order chi connectivity index (χ0) is 19.8. The van der Waals surface area contributed by atoms with Crippen LogP contribution in [0, 0.1) is 12.3 Å². The molecule has 2 heteroatoms. The van der Waals surface area contributed by atoms with Crippen molar-refractivity contribution in [2.75, 3.05) is 5.06 Å². The molecule has 0 aromatic heterocycles. The number of fused-ring (bicyclic) bond motifs is 3. The van der Waals surface area contributed by atoms with Crippen molar-refractivity contribution in [3.05, 3.63) is 125 Å². The van der Waals surface area contributed by atoms with E-state index in [-0.39, 0.29) is 0 Å². The predicted molar refractivity (Wildman–Crippen MR) is 116 cm³/mol. The number of para-hydroxylation sites is 1. The van der Waals surface area contributed by atoms with Crippen molar-refractivity contribution >= 4 is 5.69 Å². The lowest BCUT2D eigenvalue weighted by molar-refractivity contribution is 0.110. The Kier molecular flexibility index (Phi) is 3.98. The molecule has 0 unspecified atom stereocenters. The maximum absolute atomic E-state index is 14.2. The molecule has 0 aliphatic carbocycles. The molecular formula is C27H18NO. The molecule has 0 amide bonds. The standard InChI is InChI=1S/C27H18NO/c1-2-20-17-18-23-24-15-9-10-16-26(24)28(29)27(25(23)19-20,21-11-5-3-6-12-21)22-13-7-4-8-14-22/h1,3-19H. The molecule has 0 atom stereocenters. The van der Waals surface area contributed by atoms with Crippen molar-refractivity contribution in [3.8, 4) is 23.5 Å². The van der Waals surface area contributed by atoms with Crippen molar-refractivity contribution in [1.29, 1.82) is 0 Å². The monoisotopic (exact) mass is 372 g/mol. The van der Waals surface area contributed by atoms with E-state index in [0.717, 1.165) is 38.4 Å². The van der Waals surface area contributed by atoms with E-state index >= 15 is 0 Å². The third-order valence-electron chi connectivity index (χ3n) is 5.68. The Balaban J connectivity index is 1.97. The van der Waals surface area contributed by atoms with Gasteiger partial charge in [-0.25, -0.2) is 5.06 Å². The van der Waals surface area contributed by atoms with Crippen molar-refractivity contribution in [2.24, 2.45) is 0 Å². The molecule has 0 saturated heterocycles. The van der Waals surface area contributed by atoms with Gasteiger partial charge in [0.2, 0.25) is 0 Å². The van der Waals surface area contributed by atoms with Crippen LogP contribution in [0.1, 0.15) is 22.3 Å². The number of rotatable bonds is 2. The summed E-state index contributed by atoms with van der Waals surface area (Å²) in [6.45, 7) is 0. The third kappa shape index (κ3) is 2.42. The molecule has 0 N–H and O–H groups in total. The van der Waals surface area contributed by atoms with Crippen LogP contribution in [-0.4, -0.2) is 0 Å². The normalized spacial score (nSPS) is 13.9. The molecule has 1 radical (unpaired) electrons. The van der Waals surface area contributed by atoms with Gasteiger partial charge < -0.3 is 0 Å². The fraction of sp³-hybridized carbons (Fsp3) is 0.0370. The number of anilines is 1. The lowest BCUT2D eigenvalue weighted by Gasteiger charge is -2.45. The maximum atomic E-state index is 14.2.